The SMILES string of the molecule is CN(CC1CC1)C(=O)CC(N)=S. The number of thiocarbonyl (C=S) groups is 1. The third-order valence-corrected chi connectivity index (χ3v) is 2.12. The summed E-state index contributed by atoms with van der Waals surface area (Å²) in [5.41, 5.74) is 5.26. The minimum atomic E-state index is 0.0365. The van der Waals surface area contributed by atoms with E-state index in [1.54, 1.807) is 11.9 Å². The largest absolute Gasteiger partial charge is 0.393 e. The standard InChI is InChI=1S/C8H14N2OS/c1-10(5-6-2-3-6)8(11)4-7(9)12/h6H,2-5H2,1H3,(H2,9,12). The van der Waals surface area contributed by atoms with Crippen LogP contribution in [0.15, 0.2) is 0 Å². The van der Waals surface area contributed by atoms with Crippen molar-refractivity contribution < 1.29 is 4.79 Å². The lowest BCUT2D eigenvalue weighted by Crippen LogP contribution is -2.31. The number of carbonyl (C=O) groups is 1. The van der Waals surface area contributed by atoms with Gasteiger partial charge in [-0.15, -0.1) is 0 Å². The van der Waals surface area contributed by atoms with E-state index < -0.39 is 0 Å². The van der Waals surface area contributed by atoms with Gasteiger partial charge in [-0.25, -0.2) is 0 Å². The molecule has 0 heterocycles. The molecule has 1 saturated carbocycles. The van der Waals surface area contributed by atoms with Crippen LogP contribution in [0.3, 0.4) is 0 Å². The van der Waals surface area contributed by atoms with Crippen LogP contribution in [0.4, 0.5) is 0 Å². The van der Waals surface area contributed by atoms with E-state index in [-0.39, 0.29) is 17.3 Å². The quantitative estimate of drug-likeness (QED) is 0.651. The van der Waals surface area contributed by atoms with Crippen LogP contribution in [0.1, 0.15) is 19.3 Å². The summed E-state index contributed by atoms with van der Waals surface area (Å²) < 4.78 is 0. The molecule has 3 nitrogen and oxygen atoms in total. The molecule has 0 aromatic heterocycles. The lowest BCUT2D eigenvalue weighted by atomic mass is 10.3. The van der Waals surface area contributed by atoms with Crippen LogP contribution in [0, 0.1) is 5.92 Å². The van der Waals surface area contributed by atoms with Crippen LogP contribution in [0.2, 0.25) is 0 Å². The Hall–Kier alpha value is -0.640. The number of nitrogens with zero attached hydrogens (tertiary/aromatic N) is 1. The Morgan fingerprint density at radius 1 is 1.67 bits per heavy atom. The molecule has 12 heavy (non-hydrogen) atoms. The van der Waals surface area contributed by atoms with Gasteiger partial charge in [0.1, 0.15) is 0 Å². The first-order valence-corrected chi connectivity index (χ1v) is 4.52. The van der Waals surface area contributed by atoms with Gasteiger partial charge in [-0.3, -0.25) is 4.79 Å². The van der Waals surface area contributed by atoms with Crippen molar-refractivity contribution in [3.8, 4) is 0 Å². The number of hydrogen-bond donors (Lipinski definition) is 1. The number of nitrogens with two attached hydrogens (primary N) is 1. The zero-order valence-corrected chi connectivity index (χ0v) is 8.06. The summed E-state index contributed by atoms with van der Waals surface area (Å²) >= 11 is 4.65. The highest BCUT2D eigenvalue weighted by molar-refractivity contribution is 7.80. The average Bonchev–Trinajstić information content (AvgIpc) is 2.70. The van der Waals surface area contributed by atoms with E-state index in [0.717, 1.165) is 12.5 Å². The lowest BCUT2D eigenvalue weighted by molar-refractivity contribution is -0.128. The summed E-state index contributed by atoms with van der Waals surface area (Å²) in [6, 6.07) is 0. The molecule has 1 amide bonds. The van der Waals surface area contributed by atoms with Crippen molar-refractivity contribution in [3.05, 3.63) is 0 Å². The van der Waals surface area contributed by atoms with E-state index in [4.69, 9.17) is 5.73 Å². The Balaban J connectivity index is 2.24. The van der Waals surface area contributed by atoms with Gasteiger partial charge in [0.2, 0.25) is 5.91 Å². The second-order valence-electron chi connectivity index (χ2n) is 3.36. The van der Waals surface area contributed by atoms with Crippen molar-refractivity contribution >= 4 is 23.1 Å². The van der Waals surface area contributed by atoms with Crippen molar-refractivity contribution in [2.24, 2.45) is 11.7 Å². The molecule has 1 aliphatic rings. The van der Waals surface area contributed by atoms with Crippen LogP contribution < -0.4 is 5.73 Å². The second-order valence-corrected chi connectivity index (χ2v) is 3.89. The Morgan fingerprint density at radius 3 is 2.67 bits per heavy atom. The van der Waals surface area contributed by atoms with Crippen molar-refractivity contribution in [1.29, 1.82) is 0 Å². The number of rotatable bonds is 4. The monoisotopic (exact) mass is 186 g/mol. The van der Waals surface area contributed by atoms with Gasteiger partial charge in [-0.05, 0) is 18.8 Å². The molecule has 68 valence electrons. The third kappa shape index (κ3) is 3.17. The van der Waals surface area contributed by atoms with Gasteiger partial charge in [-0.1, -0.05) is 12.2 Å². The Labute approximate surface area is 77.9 Å². The van der Waals surface area contributed by atoms with Crippen molar-refractivity contribution in [3.63, 3.8) is 0 Å². The molecule has 0 aromatic rings. The van der Waals surface area contributed by atoms with Crippen molar-refractivity contribution in [2.45, 2.75) is 19.3 Å². The van der Waals surface area contributed by atoms with Gasteiger partial charge in [0.05, 0.1) is 11.4 Å². The minimum absolute atomic E-state index is 0.0365. The second kappa shape index (κ2) is 3.85. The Bertz CT molecular complexity index is 201. The summed E-state index contributed by atoms with van der Waals surface area (Å²) in [5, 5.41) is 0. The molecule has 4 heteroatoms. The predicted octanol–water partition coefficient (Wildman–Crippen LogP) is 0.531. The molecule has 0 atom stereocenters. The fourth-order valence-corrected chi connectivity index (χ4v) is 1.20. The highest BCUT2D eigenvalue weighted by Gasteiger charge is 2.24. The van der Waals surface area contributed by atoms with Crippen LogP contribution in [-0.2, 0) is 4.79 Å². The molecule has 0 bridgehead atoms. The van der Waals surface area contributed by atoms with Crippen LogP contribution in [0.25, 0.3) is 0 Å². The molecule has 1 fully saturated rings. The van der Waals surface area contributed by atoms with Gasteiger partial charge in [-0.2, -0.15) is 0 Å². The summed E-state index contributed by atoms with van der Waals surface area (Å²) in [5.74, 6) is 0.764. The zero-order valence-electron chi connectivity index (χ0n) is 7.25. The summed E-state index contributed by atoms with van der Waals surface area (Å²) in [6.07, 6.45) is 2.72. The fraction of sp³-hybridized carbons (Fsp3) is 0.750. The van der Waals surface area contributed by atoms with Crippen LogP contribution >= 0.6 is 12.2 Å². The maximum absolute atomic E-state index is 11.3. The molecule has 0 saturated heterocycles. The first-order valence-electron chi connectivity index (χ1n) is 4.12. The number of hydrogen-bond acceptors (Lipinski definition) is 2. The van der Waals surface area contributed by atoms with E-state index in [1.807, 2.05) is 0 Å². The van der Waals surface area contributed by atoms with Crippen molar-refractivity contribution in [1.82, 2.24) is 4.90 Å². The normalized spacial score (nSPS) is 15.8. The van der Waals surface area contributed by atoms with Gasteiger partial charge < -0.3 is 10.6 Å². The molecule has 0 radical (unpaired) electrons. The van der Waals surface area contributed by atoms with Crippen LogP contribution in [0.5, 0.6) is 0 Å². The maximum atomic E-state index is 11.3. The molecule has 1 aliphatic carbocycles. The molecular formula is C8H14N2OS. The van der Waals surface area contributed by atoms with Gasteiger partial charge in [0.15, 0.2) is 0 Å². The fourth-order valence-electron chi connectivity index (χ4n) is 1.07. The van der Waals surface area contributed by atoms with E-state index >= 15 is 0 Å². The topological polar surface area (TPSA) is 46.3 Å². The van der Waals surface area contributed by atoms with E-state index in [1.165, 1.54) is 12.8 Å². The number of carbonyl (C=O) groups excluding carboxylic acids is 1. The third-order valence-electron chi connectivity index (χ3n) is 1.98. The molecule has 0 aromatic carbocycles. The first kappa shape index (κ1) is 9.45. The molecule has 0 spiro atoms. The van der Waals surface area contributed by atoms with E-state index in [2.05, 4.69) is 12.2 Å². The van der Waals surface area contributed by atoms with Crippen molar-refractivity contribution in [2.75, 3.05) is 13.6 Å². The molecule has 0 aliphatic heterocycles. The highest BCUT2D eigenvalue weighted by atomic mass is 32.1. The highest BCUT2D eigenvalue weighted by Crippen LogP contribution is 2.29. The zero-order chi connectivity index (χ0) is 9.14. The first-order chi connectivity index (χ1) is 5.59. The average molecular weight is 186 g/mol. The summed E-state index contributed by atoms with van der Waals surface area (Å²) in [7, 11) is 1.80. The van der Waals surface area contributed by atoms with Crippen LogP contribution in [-0.4, -0.2) is 29.4 Å². The smallest absolute Gasteiger partial charge is 0.229 e. The summed E-state index contributed by atoms with van der Waals surface area (Å²) in [6.45, 7) is 0.863. The molecule has 1 rings (SSSR count). The maximum Gasteiger partial charge on any atom is 0.229 e. The predicted molar refractivity (Wildman–Crippen MR) is 51.8 cm³/mol. The summed E-state index contributed by atoms with van der Waals surface area (Å²) in [4.78, 5) is 13.3. The molecule has 0 unspecified atom stereocenters. The Morgan fingerprint density at radius 2 is 2.25 bits per heavy atom. The van der Waals surface area contributed by atoms with Gasteiger partial charge in [0, 0.05) is 13.6 Å². The van der Waals surface area contributed by atoms with E-state index in [9.17, 15) is 4.79 Å². The minimum Gasteiger partial charge on any atom is -0.393 e. The van der Waals surface area contributed by atoms with Gasteiger partial charge in [0.25, 0.3) is 0 Å². The van der Waals surface area contributed by atoms with E-state index in [0.29, 0.717) is 0 Å². The molecular weight excluding hydrogens is 172 g/mol. The lowest BCUT2D eigenvalue weighted by Gasteiger charge is -2.15. The Kier molecular flexibility index (Phi) is 3.03. The molecule has 2 N–H and O–H groups in total. The number of amides is 1. The van der Waals surface area contributed by atoms with Gasteiger partial charge >= 0.3 is 0 Å².